The van der Waals surface area contributed by atoms with Crippen LogP contribution in [0.2, 0.25) is 0 Å². The van der Waals surface area contributed by atoms with Crippen LogP contribution >= 0.6 is 68.0 Å². The molecule has 0 fully saturated rings. The van der Waals surface area contributed by atoms with E-state index in [0.29, 0.717) is 0 Å². The zero-order valence-corrected chi connectivity index (χ0v) is 68.1. The van der Waals surface area contributed by atoms with Gasteiger partial charge in [0.1, 0.15) is 6.33 Å². The standard InChI is InChI=1S/C31H20S.2C18H13NS.C12H9NS.2C11H8N2S/c1-19-8-6-14-27-28-15-7-13-21(31(28)32-30(19)27)20-16-17-26-24-11-3-2-9-22(24)23-10-4-5-12-25(23)29(26)18-20;1-12-5-4-6-13(11-12)17-18-15(9-10-19-17)14-7-2-3-8-16(14)20-18;1-12-6-8-13(9-7-12)17-18-15(10-11-19-17)14-4-2-3-5-16(14)20-18;1-8-12-10(6-7-13-8)9-4-2-3-5-11(9)14-12;1-7-11-9(3-5-13-7)8-2-4-12-6-10(8)14-11;1-7-11-10(13-6-12-7)8-4-2-3-5-9(8)14-11/h2-18H,1H3;2*2-11H,1H3;2-7H,1H3;2*2-6H,1H3. The number of rotatable bonds is 3. The zero-order valence-electron chi connectivity index (χ0n) is 63.2. The quantitative estimate of drug-likeness (QED) is 0.163. The van der Waals surface area contributed by atoms with E-state index in [4.69, 9.17) is 0 Å². The predicted octanol–water partition coefficient (Wildman–Crippen LogP) is 30.4. The van der Waals surface area contributed by atoms with E-state index < -0.39 is 0 Å². The molecular weight excluding hydrogens is 1500 g/mol. The molecule has 0 saturated carbocycles. The first-order valence-electron chi connectivity index (χ1n) is 37.8. The highest BCUT2D eigenvalue weighted by Gasteiger charge is 2.18. The molecule has 114 heavy (non-hydrogen) atoms. The van der Waals surface area contributed by atoms with E-state index in [1.165, 1.54) is 187 Å². The summed E-state index contributed by atoms with van der Waals surface area (Å²) >= 11 is 10.9. The van der Waals surface area contributed by atoms with Crippen molar-refractivity contribution in [2.24, 2.45) is 0 Å². The number of thiophene rings is 6. The lowest BCUT2D eigenvalue weighted by atomic mass is 9.92. The molecule has 12 heterocycles. The van der Waals surface area contributed by atoms with Crippen LogP contribution in [0.25, 0.3) is 187 Å². The van der Waals surface area contributed by atoms with Gasteiger partial charge in [0, 0.05) is 136 Å². The van der Waals surface area contributed by atoms with Crippen LogP contribution in [-0.2, 0) is 0 Å². The molecule has 0 N–H and O–H groups in total. The summed E-state index contributed by atoms with van der Waals surface area (Å²) in [5.41, 5.74) is 15.4. The molecule has 0 radical (unpaired) electrons. The van der Waals surface area contributed by atoms with Crippen molar-refractivity contribution < 1.29 is 0 Å². The van der Waals surface area contributed by atoms with E-state index in [-0.39, 0.29) is 0 Å². The summed E-state index contributed by atoms with van der Waals surface area (Å²) in [6.07, 6.45) is 13.0. The maximum atomic E-state index is 4.62. The highest BCUT2D eigenvalue weighted by atomic mass is 32.1. The maximum absolute atomic E-state index is 4.62. The van der Waals surface area contributed by atoms with E-state index in [0.717, 1.165) is 34.0 Å². The third-order valence-corrected chi connectivity index (χ3v) is 28.8. The summed E-state index contributed by atoms with van der Waals surface area (Å²) in [5, 5.41) is 22.4. The van der Waals surface area contributed by atoms with E-state index in [2.05, 4.69) is 336 Å². The van der Waals surface area contributed by atoms with Crippen molar-refractivity contribution in [2.75, 3.05) is 0 Å². The summed E-state index contributed by atoms with van der Waals surface area (Å²) in [5.74, 6) is 0. The van der Waals surface area contributed by atoms with Gasteiger partial charge in [-0.3, -0.25) is 24.9 Å². The molecule has 0 spiro atoms. The summed E-state index contributed by atoms with van der Waals surface area (Å²) in [4.78, 5) is 30.5. The third kappa shape index (κ3) is 13.5. The molecule has 0 aliphatic carbocycles. The molecule has 0 amide bonds. The molecule has 24 aromatic rings. The van der Waals surface area contributed by atoms with E-state index in [9.17, 15) is 0 Å². The second-order valence-corrected chi connectivity index (χ2v) is 34.7. The number of hydrogen-bond acceptors (Lipinski definition) is 13. The summed E-state index contributed by atoms with van der Waals surface area (Å²) < 4.78 is 15.6. The molecule has 12 aromatic carbocycles. The normalized spacial score (nSPS) is 11.4. The minimum absolute atomic E-state index is 1.07. The molecule has 0 atom stereocenters. The van der Waals surface area contributed by atoms with Gasteiger partial charge in [0.15, 0.2) is 0 Å². The van der Waals surface area contributed by atoms with Crippen LogP contribution in [0.15, 0.2) is 323 Å². The lowest BCUT2D eigenvalue weighted by molar-refractivity contribution is 1.16. The van der Waals surface area contributed by atoms with Gasteiger partial charge in [-0.15, -0.1) is 68.0 Å². The molecule has 0 saturated heterocycles. The second-order valence-electron chi connectivity index (χ2n) is 28.4. The lowest BCUT2D eigenvalue weighted by Gasteiger charge is -2.12. The van der Waals surface area contributed by atoms with Crippen LogP contribution < -0.4 is 0 Å². The fourth-order valence-electron chi connectivity index (χ4n) is 15.6. The molecular formula is C101H71N7S6. The van der Waals surface area contributed by atoms with Gasteiger partial charge in [0.2, 0.25) is 0 Å². The number of nitrogens with zero attached hydrogens (tertiary/aromatic N) is 7. The van der Waals surface area contributed by atoms with E-state index >= 15 is 0 Å². The van der Waals surface area contributed by atoms with Gasteiger partial charge < -0.3 is 0 Å². The van der Waals surface area contributed by atoms with Gasteiger partial charge in [0.05, 0.1) is 62.2 Å². The second kappa shape index (κ2) is 30.9. The molecule has 0 bridgehead atoms. The fraction of sp³-hybridized carbons (Fsp3) is 0.0594. The van der Waals surface area contributed by atoms with Crippen molar-refractivity contribution in [2.45, 2.75) is 41.5 Å². The first kappa shape index (κ1) is 71.9. The van der Waals surface area contributed by atoms with Crippen LogP contribution in [0.1, 0.15) is 33.8 Å². The van der Waals surface area contributed by atoms with E-state index in [1.807, 2.05) is 102 Å². The summed E-state index contributed by atoms with van der Waals surface area (Å²) in [6.45, 7) is 12.6. The number of aryl methyl sites for hydroxylation is 6. The number of pyridine rings is 5. The van der Waals surface area contributed by atoms with Gasteiger partial charge in [-0.2, -0.15) is 0 Å². The van der Waals surface area contributed by atoms with Crippen LogP contribution in [0.5, 0.6) is 0 Å². The topological polar surface area (TPSA) is 90.2 Å². The minimum Gasteiger partial charge on any atom is -0.263 e. The monoisotopic (exact) mass is 1570 g/mol. The van der Waals surface area contributed by atoms with Crippen molar-refractivity contribution in [1.29, 1.82) is 0 Å². The Morgan fingerprint density at radius 1 is 0.219 bits per heavy atom. The first-order valence-corrected chi connectivity index (χ1v) is 42.7. The molecule has 0 aliphatic heterocycles. The highest BCUT2D eigenvalue weighted by molar-refractivity contribution is 7.28. The minimum atomic E-state index is 1.07. The predicted molar refractivity (Wildman–Crippen MR) is 498 cm³/mol. The molecule has 0 aliphatic rings. The number of fused-ring (bicyclic) bond motifs is 24. The maximum Gasteiger partial charge on any atom is 0.116 e. The smallest absolute Gasteiger partial charge is 0.116 e. The Hall–Kier alpha value is -12.4. The average molecular weight is 1580 g/mol. The third-order valence-electron chi connectivity index (χ3n) is 21.2. The van der Waals surface area contributed by atoms with Crippen molar-refractivity contribution in [3.63, 3.8) is 0 Å². The molecule has 13 heteroatoms. The Bertz CT molecular complexity index is 7500. The SMILES string of the molecule is Cc1ccc(-c2nccc3c2sc2ccccc23)cc1.Cc1cccc(-c2nccc3c2sc2ccccc23)c1.Cc1cccc2c1sc1c(-c3ccc4c5ccccc5c5ccccc5c4c3)cccc12.Cc1nccc2c1sc1ccccc12.Cc1nccc2c1sc1cnccc12.Cc1ncnc2c1sc1ccccc12. The molecule has 24 rings (SSSR count). The van der Waals surface area contributed by atoms with Crippen LogP contribution in [0.4, 0.5) is 0 Å². The van der Waals surface area contributed by atoms with Crippen LogP contribution in [0.3, 0.4) is 0 Å². The number of hydrogen-bond donors (Lipinski definition) is 0. The van der Waals surface area contributed by atoms with Crippen LogP contribution in [0, 0.1) is 41.5 Å². The summed E-state index contributed by atoms with van der Waals surface area (Å²) in [7, 11) is 0. The van der Waals surface area contributed by atoms with Gasteiger partial charge in [0.25, 0.3) is 0 Å². The largest absolute Gasteiger partial charge is 0.263 e. The number of aromatic nitrogens is 7. The van der Waals surface area contributed by atoms with Crippen molar-refractivity contribution in [3.8, 4) is 33.6 Å². The first-order chi connectivity index (χ1) is 56.0. The Morgan fingerprint density at radius 2 is 0.632 bits per heavy atom. The van der Waals surface area contributed by atoms with Gasteiger partial charge in [-0.25, -0.2) is 9.97 Å². The molecule has 546 valence electrons. The van der Waals surface area contributed by atoms with Crippen molar-refractivity contribution in [3.05, 3.63) is 356 Å². The van der Waals surface area contributed by atoms with Crippen molar-refractivity contribution in [1.82, 2.24) is 34.9 Å². The molecule has 7 nitrogen and oxygen atoms in total. The zero-order chi connectivity index (χ0) is 76.9. The Morgan fingerprint density at radius 3 is 1.22 bits per heavy atom. The van der Waals surface area contributed by atoms with Crippen LogP contribution in [-0.4, -0.2) is 34.9 Å². The molecule has 12 aromatic heterocycles. The summed E-state index contributed by atoms with van der Waals surface area (Å²) in [6, 6.07) is 99.6. The Labute approximate surface area is 682 Å². The molecule has 0 unspecified atom stereocenters. The Kier molecular flexibility index (Phi) is 19.5. The van der Waals surface area contributed by atoms with Gasteiger partial charge >= 0.3 is 0 Å². The lowest BCUT2D eigenvalue weighted by Crippen LogP contribution is -1.85. The Balaban J connectivity index is 0.0000000946. The number of benzene rings is 12. The van der Waals surface area contributed by atoms with Gasteiger partial charge in [-0.1, -0.05) is 223 Å². The average Bonchev–Trinajstić information content (AvgIpc) is 1.20. The fourth-order valence-corrected chi connectivity index (χ4v) is 22.7. The van der Waals surface area contributed by atoms with E-state index in [1.54, 1.807) is 29.0 Å². The van der Waals surface area contributed by atoms with Gasteiger partial charge in [-0.05, 0) is 157 Å². The van der Waals surface area contributed by atoms with Crippen molar-refractivity contribution >= 4 is 222 Å². The highest BCUT2D eigenvalue weighted by Crippen LogP contribution is 2.46.